The van der Waals surface area contributed by atoms with E-state index in [1.54, 1.807) is 23.9 Å². The van der Waals surface area contributed by atoms with Gasteiger partial charge in [0.05, 0.1) is 0 Å². The monoisotopic (exact) mass is 250 g/mol. The third kappa shape index (κ3) is 2.65. The highest BCUT2D eigenvalue weighted by molar-refractivity contribution is 5.36. The van der Waals surface area contributed by atoms with Gasteiger partial charge < -0.3 is 15.0 Å². The molecular formula is C12H15FN4O. The van der Waals surface area contributed by atoms with Crippen LogP contribution in [0.4, 0.5) is 4.39 Å². The molecule has 0 spiro atoms. The fourth-order valence-electron chi connectivity index (χ4n) is 1.59. The molecule has 0 saturated carbocycles. The van der Waals surface area contributed by atoms with E-state index in [4.69, 9.17) is 10.5 Å². The number of benzene rings is 1. The van der Waals surface area contributed by atoms with Gasteiger partial charge >= 0.3 is 0 Å². The number of aromatic nitrogens is 3. The smallest absolute Gasteiger partial charge is 0.170 e. The highest BCUT2D eigenvalue weighted by Gasteiger charge is 2.11. The SMILES string of the molecule is C[C@H](N)c1cc(F)ccc1OCc1nncn1C. The Morgan fingerprint density at radius 2 is 2.28 bits per heavy atom. The lowest BCUT2D eigenvalue weighted by atomic mass is 10.1. The first-order valence-corrected chi connectivity index (χ1v) is 5.58. The molecule has 0 unspecified atom stereocenters. The fourth-order valence-corrected chi connectivity index (χ4v) is 1.59. The number of aryl methyl sites for hydroxylation is 1. The Bertz CT molecular complexity index is 539. The minimum atomic E-state index is -0.326. The maximum Gasteiger partial charge on any atom is 0.170 e. The van der Waals surface area contributed by atoms with Crippen molar-refractivity contribution in [2.45, 2.75) is 19.6 Å². The van der Waals surface area contributed by atoms with Crippen molar-refractivity contribution in [2.24, 2.45) is 12.8 Å². The van der Waals surface area contributed by atoms with Crippen LogP contribution in [0.1, 0.15) is 24.4 Å². The van der Waals surface area contributed by atoms with Gasteiger partial charge in [0, 0.05) is 18.7 Å². The van der Waals surface area contributed by atoms with Crippen LogP contribution in [0.15, 0.2) is 24.5 Å². The topological polar surface area (TPSA) is 66.0 Å². The highest BCUT2D eigenvalue weighted by atomic mass is 19.1. The summed E-state index contributed by atoms with van der Waals surface area (Å²) in [5.41, 5.74) is 6.42. The van der Waals surface area contributed by atoms with Crippen molar-refractivity contribution in [3.8, 4) is 5.75 Å². The first kappa shape index (κ1) is 12.5. The van der Waals surface area contributed by atoms with Crippen molar-refractivity contribution < 1.29 is 9.13 Å². The Hall–Kier alpha value is -1.95. The van der Waals surface area contributed by atoms with Gasteiger partial charge in [-0.2, -0.15) is 0 Å². The molecule has 0 amide bonds. The summed E-state index contributed by atoms with van der Waals surface area (Å²) in [5.74, 6) is 0.928. The van der Waals surface area contributed by atoms with E-state index >= 15 is 0 Å². The average molecular weight is 250 g/mol. The Kier molecular flexibility index (Phi) is 3.57. The van der Waals surface area contributed by atoms with Crippen LogP contribution in [0, 0.1) is 5.82 Å². The second-order valence-electron chi connectivity index (χ2n) is 4.12. The number of ether oxygens (including phenoxy) is 1. The van der Waals surface area contributed by atoms with Crippen LogP contribution in [0.5, 0.6) is 5.75 Å². The van der Waals surface area contributed by atoms with Crippen LogP contribution in [-0.2, 0) is 13.7 Å². The molecule has 1 aromatic carbocycles. The Balaban J connectivity index is 2.16. The van der Waals surface area contributed by atoms with Crippen molar-refractivity contribution in [3.63, 3.8) is 0 Å². The average Bonchev–Trinajstić information content (AvgIpc) is 2.73. The van der Waals surface area contributed by atoms with Crippen molar-refractivity contribution in [3.05, 3.63) is 41.7 Å². The van der Waals surface area contributed by atoms with Gasteiger partial charge in [0.1, 0.15) is 24.5 Å². The molecule has 96 valence electrons. The van der Waals surface area contributed by atoms with E-state index in [9.17, 15) is 4.39 Å². The number of nitrogens with two attached hydrogens (primary N) is 1. The second kappa shape index (κ2) is 5.14. The lowest BCUT2D eigenvalue weighted by Gasteiger charge is -2.13. The van der Waals surface area contributed by atoms with Crippen molar-refractivity contribution in [1.29, 1.82) is 0 Å². The molecule has 0 fully saturated rings. The van der Waals surface area contributed by atoms with Crippen LogP contribution in [-0.4, -0.2) is 14.8 Å². The Labute approximate surface area is 104 Å². The van der Waals surface area contributed by atoms with E-state index in [1.807, 2.05) is 7.05 Å². The lowest BCUT2D eigenvalue weighted by molar-refractivity contribution is 0.286. The predicted octanol–water partition coefficient (Wildman–Crippen LogP) is 1.55. The molecule has 2 N–H and O–H groups in total. The van der Waals surface area contributed by atoms with Gasteiger partial charge in [0.15, 0.2) is 5.82 Å². The third-order valence-corrected chi connectivity index (χ3v) is 2.62. The first-order chi connectivity index (χ1) is 8.58. The molecule has 0 aliphatic heterocycles. The summed E-state index contributed by atoms with van der Waals surface area (Å²) in [6.07, 6.45) is 1.59. The fraction of sp³-hybridized carbons (Fsp3) is 0.333. The van der Waals surface area contributed by atoms with Crippen LogP contribution in [0.2, 0.25) is 0 Å². The van der Waals surface area contributed by atoms with Gasteiger partial charge in [-0.15, -0.1) is 10.2 Å². The molecule has 0 saturated heterocycles. The van der Waals surface area contributed by atoms with E-state index in [2.05, 4.69) is 10.2 Å². The van der Waals surface area contributed by atoms with Crippen LogP contribution in [0.3, 0.4) is 0 Å². The van der Waals surface area contributed by atoms with Crippen molar-refractivity contribution in [1.82, 2.24) is 14.8 Å². The summed E-state index contributed by atoms with van der Waals surface area (Å²) in [6, 6.07) is 4.01. The third-order valence-electron chi connectivity index (χ3n) is 2.62. The molecule has 18 heavy (non-hydrogen) atoms. The van der Waals surface area contributed by atoms with E-state index in [1.165, 1.54) is 12.1 Å². The van der Waals surface area contributed by atoms with Gasteiger partial charge in [0.25, 0.3) is 0 Å². The van der Waals surface area contributed by atoms with Gasteiger partial charge in [-0.3, -0.25) is 0 Å². The molecule has 0 bridgehead atoms. The number of rotatable bonds is 4. The molecule has 5 nitrogen and oxygen atoms in total. The van der Waals surface area contributed by atoms with Crippen LogP contribution >= 0.6 is 0 Å². The van der Waals surface area contributed by atoms with Crippen molar-refractivity contribution >= 4 is 0 Å². The largest absolute Gasteiger partial charge is 0.485 e. The van der Waals surface area contributed by atoms with E-state index in [-0.39, 0.29) is 18.5 Å². The second-order valence-corrected chi connectivity index (χ2v) is 4.12. The van der Waals surface area contributed by atoms with E-state index in [0.29, 0.717) is 17.1 Å². The zero-order valence-electron chi connectivity index (χ0n) is 10.3. The summed E-state index contributed by atoms with van der Waals surface area (Å²) in [4.78, 5) is 0. The number of halogens is 1. The van der Waals surface area contributed by atoms with Gasteiger partial charge in [-0.25, -0.2) is 4.39 Å². The van der Waals surface area contributed by atoms with Gasteiger partial charge in [-0.05, 0) is 25.1 Å². The van der Waals surface area contributed by atoms with Crippen molar-refractivity contribution in [2.75, 3.05) is 0 Å². The Morgan fingerprint density at radius 3 is 2.89 bits per heavy atom. The summed E-state index contributed by atoms with van der Waals surface area (Å²) in [7, 11) is 1.83. The van der Waals surface area contributed by atoms with E-state index in [0.717, 1.165) is 0 Å². The zero-order valence-corrected chi connectivity index (χ0v) is 10.3. The molecule has 2 rings (SSSR count). The maximum atomic E-state index is 13.1. The molecule has 0 radical (unpaired) electrons. The quantitative estimate of drug-likeness (QED) is 0.894. The summed E-state index contributed by atoms with van der Waals surface area (Å²) >= 11 is 0. The summed E-state index contributed by atoms with van der Waals surface area (Å²) in [6.45, 7) is 2.05. The summed E-state index contributed by atoms with van der Waals surface area (Å²) < 4.78 is 20.5. The number of hydrogen-bond acceptors (Lipinski definition) is 4. The Morgan fingerprint density at radius 1 is 1.50 bits per heavy atom. The molecule has 6 heteroatoms. The minimum absolute atomic E-state index is 0.266. The molecular weight excluding hydrogens is 235 g/mol. The molecule has 1 heterocycles. The van der Waals surface area contributed by atoms with E-state index < -0.39 is 0 Å². The molecule has 2 aromatic rings. The van der Waals surface area contributed by atoms with Gasteiger partial charge in [0.2, 0.25) is 0 Å². The first-order valence-electron chi connectivity index (χ1n) is 5.58. The zero-order chi connectivity index (χ0) is 13.1. The predicted molar refractivity (Wildman–Crippen MR) is 64.3 cm³/mol. The van der Waals surface area contributed by atoms with Crippen LogP contribution < -0.4 is 10.5 Å². The van der Waals surface area contributed by atoms with Crippen LogP contribution in [0.25, 0.3) is 0 Å². The molecule has 1 aromatic heterocycles. The maximum absolute atomic E-state index is 13.1. The standard InChI is InChI=1S/C12H15FN4O/c1-8(14)10-5-9(13)3-4-11(10)18-6-12-16-15-7-17(12)2/h3-5,7-8H,6,14H2,1-2H3/t8-/m0/s1. The number of hydrogen-bond donors (Lipinski definition) is 1. The van der Waals surface area contributed by atoms with Gasteiger partial charge in [-0.1, -0.05) is 0 Å². The highest BCUT2D eigenvalue weighted by Crippen LogP contribution is 2.25. The summed E-state index contributed by atoms with van der Waals surface area (Å²) in [5, 5.41) is 7.66. The minimum Gasteiger partial charge on any atom is -0.485 e. The normalized spacial score (nSPS) is 12.4. The number of nitrogens with zero attached hydrogens (tertiary/aromatic N) is 3. The molecule has 0 aliphatic carbocycles. The molecule has 0 aliphatic rings. The molecule has 1 atom stereocenters. The lowest BCUT2D eigenvalue weighted by Crippen LogP contribution is -2.10.